The van der Waals surface area contributed by atoms with Gasteiger partial charge in [0.2, 0.25) is 5.84 Å². The molecule has 0 unspecified atom stereocenters. The lowest BCUT2D eigenvalue weighted by molar-refractivity contribution is -0.467. The van der Waals surface area contributed by atoms with E-state index in [0.29, 0.717) is 5.92 Å². The Kier molecular flexibility index (Phi) is 2.52. The number of nitrogens with two attached hydrogens (primary N) is 1. The van der Waals surface area contributed by atoms with Gasteiger partial charge in [0.25, 0.3) is 0 Å². The Morgan fingerprint density at radius 1 is 1.38 bits per heavy atom. The Hall–Kier alpha value is -0.530. The molecule has 0 aromatic rings. The molecule has 0 aliphatic rings. The number of hydrogen-bond acceptors (Lipinski definition) is 0. The molecule has 2 heteroatoms. The summed E-state index contributed by atoms with van der Waals surface area (Å²) in [7, 11) is 3.91. The van der Waals surface area contributed by atoms with E-state index >= 15 is 0 Å². The van der Waals surface area contributed by atoms with Crippen LogP contribution in [0, 0.1) is 5.92 Å². The molecule has 0 saturated carbocycles. The second-order valence-electron chi connectivity index (χ2n) is 2.47. The van der Waals surface area contributed by atoms with Crippen LogP contribution in [0.1, 0.15) is 13.8 Å². The summed E-state index contributed by atoms with van der Waals surface area (Å²) in [5.41, 5.74) is 5.60. The van der Waals surface area contributed by atoms with E-state index in [9.17, 15) is 0 Å². The van der Waals surface area contributed by atoms with E-state index in [1.807, 2.05) is 18.7 Å². The van der Waals surface area contributed by atoms with E-state index in [1.165, 1.54) is 0 Å². The summed E-state index contributed by atoms with van der Waals surface area (Å²) >= 11 is 0. The Labute approximate surface area is 51.0 Å². The van der Waals surface area contributed by atoms with E-state index in [2.05, 4.69) is 13.8 Å². The van der Waals surface area contributed by atoms with Crippen molar-refractivity contribution < 1.29 is 4.58 Å². The van der Waals surface area contributed by atoms with E-state index in [0.717, 1.165) is 5.84 Å². The van der Waals surface area contributed by atoms with Crippen molar-refractivity contribution in [2.24, 2.45) is 11.7 Å². The van der Waals surface area contributed by atoms with E-state index in [4.69, 9.17) is 5.73 Å². The van der Waals surface area contributed by atoms with Crippen LogP contribution in [-0.4, -0.2) is 24.5 Å². The maximum atomic E-state index is 5.60. The van der Waals surface area contributed by atoms with Crippen LogP contribution in [-0.2, 0) is 0 Å². The summed E-state index contributed by atoms with van der Waals surface area (Å²) in [4.78, 5) is 0. The minimum Gasteiger partial charge on any atom is -0.291 e. The van der Waals surface area contributed by atoms with Crippen LogP contribution < -0.4 is 5.73 Å². The van der Waals surface area contributed by atoms with Gasteiger partial charge in [0.15, 0.2) is 0 Å². The largest absolute Gasteiger partial charge is 0.291 e. The first kappa shape index (κ1) is 7.47. The molecule has 2 N–H and O–H groups in total. The second-order valence-corrected chi connectivity index (χ2v) is 2.47. The Morgan fingerprint density at radius 2 is 1.75 bits per heavy atom. The maximum Gasteiger partial charge on any atom is 0.244 e. The van der Waals surface area contributed by atoms with Crippen LogP contribution in [0.2, 0.25) is 0 Å². The first-order valence-electron chi connectivity index (χ1n) is 2.85. The number of rotatable bonds is 1. The lowest BCUT2D eigenvalue weighted by Gasteiger charge is -1.99. The van der Waals surface area contributed by atoms with Crippen molar-refractivity contribution in [1.29, 1.82) is 0 Å². The highest BCUT2D eigenvalue weighted by Gasteiger charge is 2.04. The van der Waals surface area contributed by atoms with Gasteiger partial charge in [-0.1, -0.05) is 13.8 Å². The molecule has 0 aliphatic heterocycles. The number of nitrogens with zero attached hydrogens (tertiary/aromatic N) is 1. The van der Waals surface area contributed by atoms with Gasteiger partial charge in [-0.05, 0) is 0 Å². The van der Waals surface area contributed by atoms with Crippen molar-refractivity contribution in [1.82, 2.24) is 0 Å². The van der Waals surface area contributed by atoms with Crippen molar-refractivity contribution in [2.45, 2.75) is 13.8 Å². The summed E-state index contributed by atoms with van der Waals surface area (Å²) in [5, 5.41) is 0. The molecule has 2 nitrogen and oxygen atoms in total. The molecule has 0 saturated heterocycles. The van der Waals surface area contributed by atoms with Crippen molar-refractivity contribution >= 4 is 5.84 Å². The van der Waals surface area contributed by atoms with Crippen molar-refractivity contribution in [2.75, 3.05) is 14.1 Å². The third-order valence-corrected chi connectivity index (χ3v) is 1.11. The Balaban J connectivity index is 4.00. The molecule has 0 aliphatic carbocycles. The molecule has 0 rings (SSSR count). The van der Waals surface area contributed by atoms with Gasteiger partial charge >= 0.3 is 0 Å². The highest BCUT2D eigenvalue weighted by molar-refractivity contribution is 5.77. The highest BCUT2D eigenvalue weighted by Crippen LogP contribution is 1.87. The molecule has 0 atom stereocenters. The molecule has 0 spiro atoms. The monoisotopic (exact) mass is 115 g/mol. The minimum absolute atomic E-state index is 0.463. The molecule has 0 fully saturated rings. The normalized spacial score (nSPS) is 9.62. The van der Waals surface area contributed by atoms with Gasteiger partial charge in [0.1, 0.15) is 0 Å². The summed E-state index contributed by atoms with van der Waals surface area (Å²) in [6, 6.07) is 0. The smallest absolute Gasteiger partial charge is 0.244 e. The average molecular weight is 115 g/mol. The van der Waals surface area contributed by atoms with Crippen molar-refractivity contribution in [3.8, 4) is 0 Å². The first-order chi connectivity index (χ1) is 3.55. The van der Waals surface area contributed by atoms with Gasteiger partial charge in [0, 0.05) is 0 Å². The molecule has 0 radical (unpaired) electrons. The van der Waals surface area contributed by atoms with E-state index in [1.54, 1.807) is 0 Å². The van der Waals surface area contributed by atoms with Crippen LogP contribution in [0.3, 0.4) is 0 Å². The fraction of sp³-hybridized carbons (Fsp3) is 0.833. The SMILES string of the molecule is CC(C)C(N)=[N+](C)C. The summed E-state index contributed by atoms with van der Waals surface area (Å²) in [5.74, 6) is 1.40. The van der Waals surface area contributed by atoms with Crippen molar-refractivity contribution in [3.63, 3.8) is 0 Å². The second kappa shape index (κ2) is 2.70. The molecule has 8 heavy (non-hydrogen) atoms. The summed E-state index contributed by atoms with van der Waals surface area (Å²) in [6.45, 7) is 4.16. The van der Waals surface area contributed by atoms with Crippen LogP contribution >= 0.6 is 0 Å². The van der Waals surface area contributed by atoms with Gasteiger partial charge in [-0.15, -0.1) is 0 Å². The highest BCUT2D eigenvalue weighted by atomic mass is 15.0. The standard InChI is InChI=1S/C6H14N2/c1-5(2)6(7)8(3)4/h5,7H,1-4H3/p+1. The molecular weight excluding hydrogens is 100 g/mol. The Morgan fingerprint density at radius 3 is 1.75 bits per heavy atom. The van der Waals surface area contributed by atoms with E-state index in [-0.39, 0.29) is 0 Å². The van der Waals surface area contributed by atoms with E-state index < -0.39 is 0 Å². The molecular formula is C6H15N2+. The number of hydrogen-bond donors (Lipinski definition) is 1. The van der Waals surface area contributed by atoms with Gasteiger partial charge in [-0.25, -0.2) is 0 Å². The average Bonchev–Trinajstić information content (AvgIpc) is 1.64. The zero-order valence-electron chi connectivity index (χ0n) is 6.10. The lowest BCUT2D eigenvalue weighted by atomic mass is 10.2. The molecule has 0 bridgehead atoms. The fourth-order valence-electron chi connectivity index (χ4n) is 0.516. The van der Waals surface area contributed by atoms with Crippen LogP contribution in [0.15, 0.2) is 0 Å². The zero-order valence-corrected chi connectivity index (χ0v) is 6.10. The predicted octanol–water partition coefficient (Wildman–Crippen LogP) is 0.272. The molecule has 0 amide bonds. The Bertz CT molecular complexity index is 99.1. The third kappa shape index (κ3) is 1.96. The molecule has 0 heterocycles. The minimum atomic E-state index is 0.463. The first-order valence-corrected chi connectivity index (χ1v) is 2.85. The van der Waals surface area contributed by atoms with Gasteiger partial charge < -0.3 is 0 Å². The summed E-state index contributed by atoms with van der Waals surface area (Å²) in [6.07, 6.45) is 0. The topological polar surface area (TPSA) is 29.0 Å². The molecule has 48 valence electrons. The lowest BCUT2D eigenvalue weighted by Crippen LogP contribution is -2.28. The quantitative estimate of drug-likeness (QED) is 0.297. The third-order valence-electron chi connectivity index (χ3n) is 1.11. The van der Waals surface area contributed by atoms with Gasteiger partial charge in [-0.3, -0.25) is 10.3 Å². The van der Waals surface area contributed by atoms with Crippen LogP contribution in [0.4, 0.5) is 0 Å². The maximum absolute atomic E-state index is 5.60. The molecule has 0 aromatic heterocycles. The van der Waals surface area contributed by atoms with Gasteiger partial charge in [0.05, 0.1) is 20.0 Å². The fourth-order valence-corrected chi connectivity index (χ4v) is 0.516. The summed E-state index contributed by atoms with van der Waals surface area (Å²) < 4.78 is 1.94. The molecule has 0 aromatic carbocycles. The van der Waals surface area contributed by atoms with Crippen molar-refractivity contribution in [3.05, 3.63) is 0 Å². The predicted molar refractivity (Wildman–Crippen MR) is 36.1 cm³/mol. The zero-order chi connectivity index (χ0) is 6.73. The van der Waals surface area contributed by atoms with Crippen LogP contribution in [0.25, 0.3) is 0 Å². The van der Waals surface area contributed by atoms with Crippen LogP contribution in [0.5, 0.6) is 0 Å². The van der Waals surface area contributed by atoms with Gasteiger partial charge in [-0.2, -0.15) is 0 Å². The number of amidine groups is 1.